The van der Waals surface area contributed by atoms with Crippen molar-refractivity contribution in [3.05, 3.63) is 10.6 Å². The van der Waals surface area contributed by atoms with Gasteiger partial charge in [-0.3, -0.25) is 0 Å². The van der Waals surface area contributed by atoms with Crippen molar-refractivity contribution in [3.63, 3.8) is 0 Å². The maximum atomic E-state index is 5.28. The van der Waals surface area contributed by atoms with Crippen molar-refractivity contribution >= 4 is 16.5 Å². The number of nitrogens with one attached hydrogen (secondary N) is 1. The third-order valence-electron chi connectivity index (χ3n) is 3.83. The van der Waals surface area contributed by atoms with Crippen LogP contribution < -0.4 is 10.2 Å². The molecule has 2 atom stereocenters. The van der Waals surface area contributed by atoms with Crippen LogP contribution >= 0.6 is 11.3 Å². The molecule has 5 heteroatoms. The molecule has 2 rings (SSSR count). The first-order chi connectivity index (χ1) is 9.51. The predicted molar refractivity (Wildman–Crippen MR) is 85.3 cm³/mol. The fourth-order valence-corrected chi connectivity index (χ4v) is 3.29. The lowest BCUT2D eigenvalue weighted by molar-refractivity contribution is 0.181. The Hall–Kier alpha value is -0.650. The Morgan fingerprint density at radius 2 is 2.20 bits per heavy atom. The maximum absolute atomic E-state index is 5.28. The van der Waals surface area contributed by atoms with Gasteiger partial charge in [0.2, 0.25) is 0 Å². The zero-order valence-corrected chi connectivity index (χ0v) is 14.1. The fourth-order valence-electron chi connectivity index (χ4n) is 2.30. The van der Waals surface area contributed by atoms with Gasteiger partial charge in [0, 0.05) is 38.2 Å². The topological polar surface area (TPSA) is 37.4 Å². The average molecular weight is 297 g/mol. The molecule has 1 aliphatic carbocycles. The molecule has 2 unspecified atom stereocenters. The second-order valence-electron chi connectivity index (χ2n) is 6.19. The normalized spacial score (nSPS) is 21.5. The van der Waals surface area contributed by atoms with E-state index in [0.29, 0.717) is 12.6 Å². The van der Waals surface area contributed by atoms with E-state index in [2.05, 4.69) is 38.0 Å². The van der Waals surface area contributed by atoms with Gasteiger partial charge in [-0.2, -0.15) is 0 Å². The Labute approximate surface area is 126 Å². The van der Waals surface area contributed by atoms with Gasteiger partial charge < -0.3 is 15.0 Å². The van der Waals surface area contributed by atoms with Gasteiger partial charge in [0.25, 0.3) is 0 Å². The molecular weight excluding hydrogens is 270 g/mol. The van der Waals surface area contributed by atoms with Crippen LogP contribution in [0.4, 0.5) is 5.13 Å². The second-order valence-corrected chi connectivity index (χ2v) is 7.25. The highest BCUT2D eigenvalue weighted by molar-refractivity contribution is 7.15. The summed E-state index contributed by atoms with van der Waals surface area (Å²) in [7, 11) is 3.88. The summed E-state index contributed by atoms with van der Waals surface area (Å²) in [5, 5.41) is 4.59. The van der Waals surface area contributed by atoms with Crippen LogP contribution in [0, 0.1) is 11.8 Å². The minimum absolute atomic E-state index is 0.487. The number of hydrogen-bond donors (Lipinski definition) is 1. The van der Waals surface area contributed by atoms with Crippen LogP contribution in [0.15, 0.2) is 0 Å². The summed E-state index contributed by atoms with van der Waals surface area (Å²) < 4.78 is 5.28. The summed E-state index contributed by atoms with van der Waals surface area (Å²) >= 11 is 1.79. The Balaban J connectivity index is 2.02. The number of thiazole rings is 1. The van der Waals surface area contributed by atoms with E-state index in [0.717, 1.165) is 35.8 Å². The lowest BCUT2D eigenvalue weighted by Gasteiger charge is -2.15. The molecule has 1 aliphatic rings. The van der Waals surface area contributed by atoms with Crippen LogP contribution in [-0.2, 0) is 17.9 Å². The molecule has 114 valence electrons. The molecule has 20 heavy (non-hydrogen) atoms. The fraction of sp³-hybridized carbons (Fsp3) is 0.800. The number of aromatic nitrogens is 1. The number of rotatable bonds is 8. The zero-order chi connectivity index (χ0) is 14.7. The van der Waals surface area contributed by atoms with Crippen LogP contribution in [0.2, 0.25) is 0 Å². The first-order valence-corrected chi connectivity index (χ1v) is 8.25. The largest absolute Gasteiger partial charge is 0.378 e. The average Bonchev–Trinajstić information content (AvgIpc) is 2.91. The number of hydrogen-bond acceptors (Lipinski definition) is 5. The summed E-state index contributed by atoms with van der Waals surface area (Å²) in [4.78, 5) is 8.36. The highest BCUT2D eigenvalue weighted by Crippen LogP contribution is 2.39. The van der Waals surface area contributed by atoms with E-state index in [-0.39, 0.29) is 0 Å². The van der Waals surface area contributed by atoms with Gasteiger partial charge >= 0.3 is 0 Å². The van der Waals surface area contributed by atoms with Gasteiger partial charge in [0.1, 0.15) is 0 Å². The molecule has 1 N–H and O–H groups in total. The van der Waals surface area contributed by atoms with E-state index in [1.54, 1.807) is 18.4 Å². The molecule has 0 bridgehead atoms. The molecule has 1 saturated carbocycles. The van der Waals surface area contributed by atoms with Crippen molar-refractivity contribution in [2.75, 3.05) is 25.6 Å². The minimum atomic E-state index is 0.487. The van der Waals surface area contributed by atoms with Crippen molar-refractivity contribution in [2.24, 2.45) is 11.8 Å². The predicted octanol–water partition coefficient (Wildman–Crippen LogP) is 2.88. The van der Waals surface area contributed by atoms with E-state index in [9.17, 15) is 0 Å². The highest BCUT2D eigenvalue weighted by Gasteiger charge is 2.33. The van der Waals surface area contributed by atoms with Crippen molar-refractivity contribution in [1.82, 2.24) is 10.3 Å². The van der Waals surface area contributed by atoms with Crippen molar-refractivity contribution in [3.8, 4) is 0 Å². The van der Waals surface area contributed by atoms with Crippen molar-refractivity contribution in [1.29, 1.82) is 0 Å². The Kier molecular flexibility index (Phi) is 5.41. The summed E-state index contributed by atoms with van der Waals surface area (Å²) in [5.74, 6) is 1.74. The van der Waals surface area contributed by atoms with Gasteiger partial charge in [-0.15, -0.1) is 11.3 Å². The second kappa shape index (κ2) is 6.87. The van der Waals surface area contributed by atoms with E-state index in [1.807, 2.05) is 0 Å². The smallest absolute Gasteiger partial charge is 0.185 e. The van der Waals surface area contributed by atoms with E-state index in [1.165, 1.54) is 11.3 Å². The van der Waals surface area contributed by atoms with Crippen molar-refractivity contribution in [2.45, 2.75) is 46.4 Å². The van der Waals surface area contributed by atoms with Crippen LogP contribution in [0.1, 0.15) is 37.8 Å². The van der Waals surface area contributed by atoms with E-state index in [4.69, 9.17) is 9.72 Å². The molecule has 0 spiro atoms. The van der Waals surface area contributed by atoms with Crippen LogP contribution in [0.3, 0.4) is 0 Å². The Morgan fingerprint density at radius 3 is 2.75 bits per heavy atom. The third kappa shape index (κ3) is 4.17. The summed E-state index contributed by atoms with van der Waals surface area (Å²) in [6.07, 6.45) is 1.36. The summed E-state index contributed by atoms with van der Waals surface area (Å²) in [6.45, 7) is 9.25. The van der Waals surface area contributed by atoms with Gasteiger partial charge in [-0.25, -0.2) is 4.98 Å². The summed E-state index contributed by atoms with van der Waals surface area (Å²) in [5.41, 5.74) is 1.08. The lowest BCUT2D eigenvalue weighted by atomic mass is 10.3. The molecule has 0 aliphatic heterocycles. The molecular formula is C15H27N3OS. The number of methoxy groups -OCH3 is 1. The molecule has 1 fully saturated rings. The monoisotopic (exact) mass is 297 g/mol. The molecule has 4 nitrogen and oxygen atoms in total. The quantitative estimate of drug-likeness (QED) is 0.800. The number of ether oxygens (including phenoxy) is 1. The third-order valence-corrected chi connectivity index (χ3v) is 5.04. The molecule has 0 saturated heterocycles. The number of anilines is 1. The maximum Gasteiger partial charge on any atom is 0.185 e. The standard InChI is InChI=1S/C15H27N3OS/c1-10(2)16-7-14-13(9-19-5)17-15(20-14)18(4)8-12-6-11(12)3/h10-12,16H,6-9H2,1-5H3. The van der Waals surface area contributed by atoms with Gasteiger partial charge in [-0.05, 0) is 18.3 Å². The zero-order valence-electron chi connectivity index (χ0n) is 13.3. The molecule has 0 amide bonds. The van der Waals surface area contributed by atoms with Crippen molar-refractivity contribution < 1.29 is 4.74 Å². The lowest BCUT2D eigenvalue weighted by Crippen LogP contribution is -2.21. The van der Waals surface area contributed by atoms with E-state index < -0.39 is 0 Å². The SMILES string of the molecule is COCc1nc(N(C)CC2CC2C)sc1CNC(C)C. The minimum Gasteiger partial charge on any atom is -0.378 e. The van der Waals surface area contributed by atoms with Gasteiger partial charge in [0.15, 0.2) is 5.13 Å². The molecule has 1 aromatic rings. The Bertz CT molecular complexity index is 433. The molecule has 0 radical (unpaired) electrons. The number of nitrogens with zero attached hydrogens (tertiary/aromatic N) is 2. The molecule has 0 aromatic carbocycles. The van der Waals surface area contributed by atoms with Gasteiger partial charge in [0.05, 0.1) is 12.3 Å². The van der Waals surface area contributed by atoms with Crippen LogP contribution in [0.5, 0.6) is 0 Å². The summed E-state index contributed by atoms with van der Waals surface area (Å²) in [6, 6.07) is 0.487. The highest BCUT2D eigenvalue weighted by atomic mass is 32.1. The molecule has 1 heterocycles. The first kappa shape index (κ1) is 15.7. The first-order valence-electron chi connectivity index (χ1n) is 7.43. The van der Waals surface area contributed by atoms with Crippen LogP contribution in [0.25, 0.3) is 0 Å². The molecule has 1 aromatic heterocycles. The van der Waals surface area contributed by atoms with Gasteiger partial charge in [-0.1, -0.05) is 20.8 Å². The van der Waals surface area contributed by atoms with Crippen LogP contribution in [-0.4, -0.2) is 31.7 Å². The van der Waals surface area contributed by atoms with E-state index >= 15 is 0 Å². The Morgan fingerprint density at radius 1 is 1.50 bits per heavy atom.